The number of carbonyl (C=O) groups excluding carboxylic acids is 2. The zero-order valence-corrected chi connectivity index (χ0v) is 22.9. The number of halogens is 4. The van der Waals surface area contributed by atoms with Gasteiger partial charge in [-0.1, -0.05) is 49.7 Å². The van der Waals surface area contributed by atoms with Crippen molar-refractivity contribution in [3.8, 4) is 0 Å². The predicted octanol–water partition coefficient (Wildman–Crippen LogP) is 5.42. The molecule has 2 aromatic carbocycles. The van der Waals surface area contributed by atoms with E-state index in [0.29, 0.717) is 23.1 Å². The third kappa shape index (κ3) is 8.22. The molecule has 3 aromatic rings. The van der Waals surface area contributed by atoms with Crippen LogP contribution in [0.1, 0.15) is 54.8 Å². The third-order valence-electron chi connectivity index (χ3n) is 6.24. The molecule has 0 saturated heterocycles. The van der Waals surface area contributed by atoms with E-state index in [1.54, 1.807) is 30.5 Å². The molecule has 1 aromatic heterocycles. The van der Waals surface area contributed by atoms with E-state index in [-0.39, 0.29) is 29.9 Å². The third-order valence-corrected chi connectivity index (χ3v) is 6.47. The number of fused-ring (bicyclic) bond motifs is 1. The molecule has 1 heterocycles. The van der Waals surface area contributed by atoms with Gasteiger partial charge in [0.1, 0.15) is 12.1 Å². The number of hydrogen-bond donors (Lipinski definition) is 4. The van der Waals surface area contributed by atoms with Gasteiger partial charge in [0.2, 0.25) is 0 Å². The van der Waals surface area contributed by atoms with Crippen LogP contribution in [-0.4, -0.2) is 52.7 Å². The summed E-state index contributed by atoms with van der Waals surface area (Å²) in [5, 5.41) is 16.2. The van der Waals surface area contributed by atoms with Crippen molar-refractivity contribution in [3.63, 3.8) is 0 Å². The number of H-pyrrole nitrogens is 1. The second-order valence-electron chi connectivity index (χ2n) is 10.00. The van der Waals surface area contributed by atoms with Crippen LogP contribution in [0.4, 0.5) is 13.2 Å². The minimum absolute atomic E-state index is 0.0683. The lowest BCUT2D eigenvalue weighted by atomic mass is 10.0. The number of nitrogens with one attached hydrogen (secondary N) is 3. The van der Waals surface area contributed by atoms with Crippen LogP contribution in [0.15, 0.2) is 48.7 Å². The minimum atomic E-state index is -5.14. The Kier molecular flexibility index (Phi) is 10.2. The summed E-state index contributed by atoms with van der Waals surface area (Å²) < 4.78 is 43.4. The van der Waals surface area contributed by atoms with E-state index < -0.39 is 36.2 Å². The lowest BCUT2D eigenvalue weighted by Crippen LogP contribution is -2.41. The molecule has 0 unspecified atom stereocenters. The van der Waals surface area contributed by atoms with Gasteiger partial charge in [-0.05, 0) is 55.0 Å². The van der Waals surface area contributed by atoms with E-state index in [0.717, 1.165) is 10.9 Å². The number of rotatable bonds is 12. The standard InChI is InChI=1S/C28H31ClF3N3O5/c1-15(2)10-22(26(37)38)35-25(36)21-9-5-8-20-18(13-34-24(20)21)11-16(3)33-14-23(40-27(39)28(30,31)32)17-6-4-7-19(29)12-17/h4-9,12-13,15-16,22-23,33-34H,10-11,14H2,1-3H3,(H,35,36)(H,37,38)/t16-,22+,23+/m1/s1. The lowest BCUT2D eigenvalue weighted by molar-refractivity contribution is -0.205. The highest BCUT2D eigenvalue weighted by Gasteiger charge is 2.42. The summed E-state index contributed by atoms with van der Waals surface area (Å²) in [5.41, 5.74) is 1.96. The molecular formula is C28H31ClF3N3O5. The number of aromatic amines is 1. The number of para-hydroxylation sites is 1. The Morgan fingerprint density at radius 1 is 1.10 bits per heavy atom. The fourth-order valence-corrected chi connectivity index (χ4v) is 4.54. The fourth-order valence-electron chi connectivity index (χ4n) is 4.34. The van der Waals surface area contributed by atoms with Crippen LogP contribution in [0.2, 0.25) is 5.02 Å². The average molecular weight is 582 g/mol. The van der Waals surface area contributed by atoms with E-state index in [4.69, 9.17) is 16.3 Å². The zero-order valence-electron chi connectivity index (χ0n) is 22.1. The molecule has 3 atom stereocenters. The van der Waals surface area contributed by atoms with Crippen molar-refractivity contribution in [2.45, 2.75) is 58.0 Å². The maximum Gasteiger partial charge on any atom is 0.490 e. The number of ether oxygens (including phenoxy) is 1. The van der Waals surface area contributed by atoms with Crippen molar-refractivity contribution in [1.29, 1.82) is 0 Å². The molecule has 1 amide bonds. The molecule has 0 bridgehead atoms. The van der Waals surface area contributed by atoms with Crippen LogP contribution >= 0.6 is 11.6 Å². The van der Waals surface area contributed by atoms with Crippen LogP contribution in [-0.2, 0) is 20.7 Å². The Morgan fingerprint density at radius 3 is 2.42 bits per heavy atom. The number of aliphatic carboxylic acids is 1. The quantitative estimate of drug-likeness (QED) is 0.212. The summed E-state index contributed by atoms with van der Waals surface area (Å²) in [6, 6.07) is 9.87. The summed E-state index contributed by atoms with van der Waals surface area (Å²) in [4.78, 5) is 39.2. The number of hydrogen-bond acceptors (Lipinski definition) is 5. The van der Waals surface area contributed by atoms with Gasteiger partial charge in [-0.15, -0.1) is 0 Å². The zero-order chi connectivity index (χ0) is 29.6. The highest BCUT2D eigenvalue weighted by Crippen LogP contribution is 2.27. The molecule has 8 nitrogen and oxygen atoms in total. The number of carboxylic acids is 1. The van der Waals surface area contributed by atoms with Gasteiger partial charge in [-0.2, -0.15) is 13.2 Å². The smallest absolute Gasteiger partial charge is 0.480 e. The van der Waals surface area contributed by atoms with Gasteiger partial charge in [0.25, 0.3) is 5.91 Å². The van der Waals surface area contributed by atoms with Gasteiger partial charge in [0.15, 0.2) is 0 Å². The summed E-state index contributed by atoms with van der Waals surface area (Å²) in [6.45, 7) is 5.45. The van der Waals surface area contributed by atoms with E-state index in [9.17, 15) is 32.7 Å². The highest BCUT2D eigenvalue weighted by atomic mass is 35.5. The molecule has 0 aliphatic rings. The molecule has 0 fully saturated rings. The van der Waals surface area contributed by atoms with Crippen LogP contribution in [0.25, 0.3) is 10.9 Å². The van der Waals surface area contributed by atoms with Crippen molar-refractivity contribution in [1.82, 2.24) is 15.6 Å². The first-order chi connectivity index (χ1) is 18.8. The number of esters is 1. The largest absolute Gasteiger partial charge is 0.490 e. The first-order valence-electron chi connectivity index (χ1n) is 12.7. The Morgan fingerprint density at radius 2 is 1.80 bits per heavy atom. The van der Waals surface area contributed by atoms with E-state index in [1.807, 2.05) is 26.8 Å². The van der Waals surface area contributed by atoms with Gasteiger partial charge >= 0.3 is 18.1 Å². The number of carboxylic acid groups (broad SMARTS) is 1. The van der Waals surface area contributed by atoms with Gasteiger partial charge < -0.3 is 25.5 Å². The second kappa shape index (κ2) is 13.2. The Balaban J connectivity index is 1.73. The fraction of sp³-hybridized carbons (Fsp3) is 0.393. The Bertz CT molecular complexity index is 1360. The molecular weight excluding hydrogens is 551 g/mol. The first kappa shape index (κ1) is 31.0. The monoisotopic (exact) mass is 581 g/mol. The van der Waals surface area contributed by atoms with Crippen molar-refractivity contribution in [2.24, 2.45) is 5.92 Å². The van der Waals surface area contributed by atoms with E-state index in [2.05, 4.69) is 15.6 Å². The highest BCUT2D eigenvalue weighted by molar-refractivity contribution is 6.30. The van der Waals surface area contributed by atoms with Crippen molar-refractivity contribution >= 4 is 40.3 Å². The summed E-state index contributed by atoms with van der Waals surface area (Å²) in [6.07, 6.45) is -3.95. The van der Waals surface area contributed by atoms with Crippen LogP contribution < -0.4 is 10.6 Å². The average Bonchev–Trinajstić information content (AvgIpc) is 3.27. The summed E-state index contributed by atoms with van der Waals surface area (Å²) in [7, 11) is 0. The molecule has 12 heteroatoms. The van der Waals surface area contributed by atoms with Crippen LogP contribution in [0.3, 0.4) is 0 Å². The Labute approximate surface area is 234 Å². The summed E-state index contributed by atoms with van der Waals surface area (Å²) >= 11 is 5.98. The number of aromatic nitrogens is 1. The van der Waals surface area contributed by atoms with Gasteiger partial charge in [-0.3, -0.25) is 4.79 Å². The van der Waals surface area contributed by atoms with E-state index >= 15 is 0 Å². The lowest BCUT2D eigenvalue weighted by Gasteiger charge is -2.22. The maximum atomic E-state index is 12.9. The predicted molar refractivity (Wildman–Crippen MR) is 144 cm³/mol. The number of benzene rings is 2. The molecule has 0 saturated carbocycles. The number of alkyl halides is 3. The SMILES string of the molecule is CC(C)C[C@H](NC(=O)c1cccc2c(C[C@@H](C)NC[C@H](OC(=O)C(F)(F)F)c3cccc(Cl)c3)c[nH]c12)C(=O)O. The second-order valence-corrected chi connectivity index (χ2v) is 10.4. The molecule has 0 aliphatic carbocycles. The molecule has 0 radical (unpaired) electrons. The van der Waals surface area contributed by atoms with Crippen LogP contribution in [0, 0.1) is 5.92 Å². The number of amides is 1. The van der Waals surface area contributed by atoms with Gasteiger partial charge in [0.05, 0.1) is 11.1 Å². The molecule has 4 N–H and O–H groups in total. The van der Waals surface area contributed by atoms with Crippen molar-refractivity contribution in [2.75, 3.05) is 6.54 Å². The summed E-state index contributed by atoms with van der Waals surface area (Å²) in [5.74, 6) is -3.86. The molecule has 0 spiro atoms. The minimum Gasteiger partial charge on any atom is -0.480 e. The van der Waals surface area contributed by atoms with Crippen molar-refractivity contribution < 1.29 is 37.4 Å². The van der Waals surface area contributed by atoms with E-state index in [1.165, 1.54) is 12.1 Å². The maximum absolute atomic E-state index is 12.9. The number of carbonyl (C=O) groups is 3. The van der Waals surface area contributed by atoms with Gasteiger partial charge in [-0.25, -0.2) is 9.59 Å². The first-order valence-corrected chi connectivity index (χ1v) is 13.0. The molecule has 40 heavy (non-hydrogen) atoms. The Hall–Kier alpha value is -3.57. The van der Waals surface area contributed by atoms with Crippen molar-refractivity contribution in [3.05, 3.63) is 70.4 Å². The topological polar surface area (TPSA) is 121 Å². The van der Waals surface area contributed by atoms with Crippen LogP contribution in [0.5, 0.6) is 0 Å². The van der Waals surface area contributed by atoms with Gasteiger partial charge in [0, 0.05) is 29.2 Å². The molecule has 216 valence electrons. The normalized spacial score (nSPS) is 14.1. The molecule has 0 aliphatic heterocycles. The molecule has 3 rings (SSSR count).